The maximum atomic E-state index is 12.5. The molecule has 1 aromatic carbocycles. The number of carbonyl (C=O) groups excluding carboxylic acids is 2. The van der Waals surface area contributed by atoms with Crippen LogP contribution in [0.5, 0.6) is 0 Å². The van der Waals surface area contributed by atoms with E-state index in [4.69, 9.17) is 23.2 Å². The maximum Gasteiger partial charge on any atom is 0.287 e. The van der Waals surface area contributed by atoms with Crippen LogP contribution in [0.3, 0.4) is 0 Å². The lowest BCUT2D eigenvalue weighted by Gasteiger charge is -2.13. The highest BCUT2D eigenvalue weighted by Crippen LogP contribution is 2.32. The first kappa shape index (κ1) is 18.8. The Morgan fingerprint density at radius 2 is 2.08 bits per heavy atom. The van der Waals surface area contributed by atoms with Crippen LogP contribution in [-0.4, -0.2) is 23.5 Å². The molecule has 0 spiro atoms. The lowest BCUT2D eigenvalue weighted by molar-refractivity contribution is -0.120. The zero-order valence-electron chi connectivity index (χ0n) is 13.6. The summed E-state index contributed by atoms with van der Waals surface area (Å²) in [7, 11) is 0. The van der Waals surface area contributed by atoms with E-state index in [9.17, 15) is 14.7 Å². The Bertz CT molecular complexity index is 865. The number of hydrogen-bond donors (Lipinski definition) is 3. The summed E-state index contributed by atoms with van der Waals surface area (Å²) >= 11 is 13.3. The van der Waals surface area contributed by atoms with Crippen LogP contribution < -0.4 is 10.6 Å². The second-order valence-corrected chi connectivity index (χ2v) is 7.59. The third kappa shape index (κ3) is 4.03. The second kappa shape index (κ2) is 8.12. The Hall–Kier alpha value is -2.02. The third-order valence-electron chi connectivity index (χ3n) is 4.02. The van der Waals surface area contributed by atoms with E-state index in [0.29, 0.717) is 29.4 Å². The molecule has 1 aromatic heterocycles. The first-order valence-electron chi connectivity index (χ1n) is 7.97. The van der Waals surface area contributed by atoms with Gasteiger partial charge in [0.15, 0.2) is 5.76 Å². The van der Waals surface area contributed by atoms with Gasteiger partial charge in [0.2, 0.25) is 0 Å². The summed E-state index contributed by atoms with van der Waals surface area (Å²) in [5, 5.41) is 18.2. The highest BCUT2D eigenvalue weighted by Gasteiger charge is 2.37. The van der Waals surface area contributed by atoms with Gasteiger partial charge in [-0.1, -0.05) is 35.3 Å². The van der Waals surface area contributed by atoms with E-state index in [1.807, 2.05) is 23.6 Å². The molecule has 1 atom stereocenters. The minimum atomic E-state index is -0.635. The number of benzene rings is 1. The summed E-state index contributed by atoms with van der Waals surface area (Å²) in [5.41, 5.74) is 1.08. The smallest absolute Gasteiger partial charge is 0.287 e. The molecule has 8 heteroatoms. The van der Waals surface area contributed by atoms with Gasteiger partial charge in [-0.25, -0.2) is 0 Å². The van der Waals surface area contributed by atoms with Crippen LogP contribution in [-0.2, 0) is 16.0 Å². The molecule has 1 aliphatic rings. The molecule has 3 rings (SSSR count). The highest BCUT2D eigenvalue weighted by atomic mass is 35.5. The first-order chi connectivity index (χ1) is 12.5. The van der Waals surface area contributed by atoms with Crippen molar-refractivity contribution in [3.63, 3.8) is 0 Å². The normalized spacial score (nSPS) is 16.7. The van der Waals surface area contributed by atoms with Crippen LogP contribution in [0.2, 0.25) is 10.0 Å². The molecule has 3 N–H and O–H groups in total. The summed E-state index contributed by atoms with van der Waals surface area (Å²) in [6, 6.07) is 8.45. The fourth-order valence-corrected chi connectivity index (χ4v) is 3.83. The van der Waals surface area contributed by atoms with Gasteiger partial charge in [-0.15, -0.1) is 11.3 Å². The monoisotopic (exact) mass is 410 g/mol. The maximum absolute atomic E-state index is 12.5. The lowest BCUT2D eigenvalue weighted by atomic mass is 10.1. The van der Waals surface area contributed by atoms with Crippen LogP contribution in [0, 0.1) is 0 Å². The minimum absolute atomic E-state index is 0.0620. The van der Waals surface area contributed by atoms with Gasteiger partial charge >= 0.3 is 0 Å². The Balaban J connectivity index is 1.58. The summed E-state index contributed by atoms with van der Waals surface area (Å²) in [5.74, 6) is -1.61. The molecule has 0 radical (unpaired) electrons. The largest absolute Gasteiger partial charge is 0.503 e. The van der Waals surface area contributed by atoms with Gasteiger partial charge < -0.3 is 15.7 Å². The summed E-state index contributed by atoms with van der Waals surface area (Å²) < 4.78 is 0. The molecular formula is C18H16Cl2N2O3S. The Morgan fingerprint density at radius 1 is 1.27 bits per heavy atom. The van der Waals surface area contributed by atoms with E-state index in [2.05, 4.69) is 10.6 Å². The Morgan fingerprint density at radius 3 is 2.77 bits per heavy atom. The number of amides is 2. The average Bonchev–Trinajstić information content (AvgIpc) is 3.24. The molecule has 5 nitrogen and oxygen atoms in total. The van der Waals surface area contributed by atoms with Gasteiger partial charge in [-0.3, -0.25) is 9.59 Å². The van der Waals surface area contributed by atoms with Crippen LogP contribution >= 0.6 is 34.5 Å². The van der Waals surface area contributed by atoms with E-state index in [1.165, 1.54) is 11.3 Å². The standard InChI is InChI=1S/C18H16Cl2N2O3S/c19-11-6-5-10(9-12(11)20)3-1-7-21-17(24)14-15(13-4-2-8-26-13)22-18(25)16(14)23/h2,4-6,8-9,15,23H,1,3,7H2,(H,21,24)(H,22,25). The molecule has 1 unspecified atom stereocenters. The number of rotatable bonds is 6. The number of hydrogen-bond acceptors (Lipinski definition) is 4. The topological polar surface area (TPSA) is 78.4 Å². The number of nitrogens with one attached hydrogen (secondary N) is 2. The third-order valence-corrected chi connectivity index (χ3v) is 5.69. The zero-order chi connectivity index (χ0) is 18.7. The van der Waals surface area contributed by atoms with Crippen molar-refractivity contribution in [1.82, 2.24) is 10.6 Å². The van der Waals surface area contributed by atoms with Gasteiger partial charge in [-0.2, -0.15) is 0 Å². The second-order valence-electron chi connectivity index (χ2n) is 5.79. The van der Waals surface area contributed by atoms with Gasteiger partial charge in [0.05, 0.1) is 21.7 Å². The van der Waals surface area contributed by atoms with Crippen molar-refractivity contribution < 1.29 is 14.7 Å². The van der Waals surface area contributed by atoms with Gasteiger partial charge in [-0.05, 0) is 42.0 Å². The van der Waals surface area contributed by atoms with Crippen molar-refractivity contribution in [2.24, 2.45) is 0 Å². The highest BCUT2D eigenvalue weighted by molar-refractivity contribution is 7.10. The molecule has 0 bridgehead atoms. The van der Waals surface area contributed by atoms with Gasteiger partial charge in [0, 0.05) is 11.4 Å². The van der Waals surface area contributed by atoms with E-state index >= 15 is 0 Å². The first-order valence-corrected chi connectivity index (χ1v) is 9.60. The Labute approximate surface area is 164 Å². The number of aryl methyl sites for hydroxylation is 1. The van der Waals surface area contributed by atoms with Crippen LogP contribution in [0.1, 0.15) is 22.9 Å². The molecule has 0 fully saturated rings. The molecule has 1 aliphatic heterocycles. The molecule has 2 heterocycles. The van der Waals surface area contributed by atoms with Crippen molar-refractivity contribution in [3.8, 4) is 0 Å². The van der Waals surface area contributed by atoms with Crippen molar-refractivity contribution >= 4 is 46.4 Å². The van der Waals surface area contributed by atoms with Crippen molar-refractivity contribution in [2.75, 3.05) is 6.54 Å². The molecule has 2 aromatic rings. The average molecular weight is 411 g/mol. The number of aliphatic hydroxyl groups excluding tert-OH is 1. The SMILES string of the molecule is O=C1NC(c2cccs2)C(C(=O)NCCCc2ccc(Cl)c(Cl)c2)=C1O. The number of halogens is 2. The number of carbonyl (C=O) groups is 2. The Kier molecular flexibility index (Phi) is 5.86. The molecular weight excluding hydrogens is 395 g/mol. The minimum Gasteiger partial charge on any atom is -0.503 e. The fourth-order valence-electron chi connectivity index (χ4n) is 2.72. The van der Waals surface area contributed by atoms with Gasteiger partial charge in [0.25, 0.3) is 11.8 Å². The number of aliphatic hydroxyl groups is 1. The summed E-state index contributed by atoms with van der Waals surface area (Å²) in [6.45, 7) is 0.404. The van der Waals surface area contributed by atoms with E-state index in [-0.39, 0.29) is 5.57 Å². The van der Waals surface area contributed by atoms with E-state index < -0.39 is 23.6 Å². The molecule has 0 saturated carbocycles. The number of thiophene rings is 1. The van der Waals surface area contributed by atoms with Crippen LogP contribution in [0.4, 0.5) is 0 Å². The molecule has 26 heavy (non-hydrogen) atoms. The van der Waals surface area contributed by atoms with Crippen molar-refractivity contribution in [1.29, 1.82) is 0 Å². The van der Waals surface area contributed by atoms with Crippen LogP contribution in [0.15, 0.2) is 47.0 Å². The zero-order valence-corrected chi connectivity index (χ0v) is 15.9. The van der Waals surface area contributed by atoms with E-state index in [0.717, 1.165) is 10.4 Å². The quantitative estimate of drug-likeness (QED) is 0.633. The van der Waals surface area contributed by atoms with Crippen LogP contribution in [0.25, 0.3) is 0 Å². The molecule has 136 valence electrons. The van der Waals surface area contributed by atoms with Gasteiger partial charge in [0.1, 0.15) is 0 Å². The van der Waals surface area contributed by atoms with Crippen molar-refractivity contribution in [2.45, 2.75) is 18.9 Å². The van der Waals surface area contributed by atoms with Crippen molar-refractivity contribution in [3.05, 3.63) is 67.5 Å². The predicted octanol–water partition coefficient (Wildman–Crippen LogP) is 3.79. The summed E-state index contributed by atoms with van der Waals surface area (Å²) in [4.78, 5) is 25.0. The molecule has 0 aliphatic carbocycles. The summed E-state index contributed by atoms with van der Waals surface area (Å²) in [6.07, 6.45) is 1.40. The van der Waals surface area contributed by atoms with E-state index in [1.54, 1.807) is 12.1 Å². The predicted molar refractivity (Wildman–Crippen MR) is 103 cm³/mol. The molecule has 2 amide bonds. The fraction of sp³-hybridized carbons (Fsp3) is 0.222. The molecule has 0 saturated heterocycles. The lowest BCUT2D eigenvalue weighted by Crippen LogP contribution is -2.30.